The van der Waals surface area contributed by atoms with E-state index in [0.717, 1.165) is 10.0 Å². The number of benzene rings is 1. The van der Waals surface area contributed by atoms with E-state index in [-0.39, 0.29) is 18.3 Å². The van der Waals surface area contributed by atoms with E-state index in [4.69, 9.17) is 0 Å². The van der Waals surface area contributed by atoms with Gasteiger partial charge in [0.05, 0.1) is 6.54 Å². The molecule has 1 N–H and O–H groups in total. The van der Waals surface area contributed by atoms with Gasteiger partial charge in [0.15, 0.2) is 0 Å². The van der Waals surface area contributed by atoms with Gasteiger partial charge in [0.25, 0.3) is 0 Å². The molecule has 0 saturated carbocycles. The van der Waals surface area contributed by atoms with Crippen molar-refractivity contribution in [3.63, 3.8) is 0 Å². The molecular formula is C15H15BrFN3O. The molecule has 1 aromatic carbocycles. The molecule has 2 rings (SSSR count). The highest BCUT2D eigenvalue weighted by Gasteiger charge is 2.08. The molecule has 0 fully saturated rings. The minimum Gasteiger partial charge on any atom is -0.310 e. The number of aromatic nitrogens is 1. The first-order chi connectivity index (χ1) is 10.0. The molecule has 0 aliphatic heterocycles. The maximum absolute atomic E-state index is 13.1. The van der Waals surface area contributed by atoms with E-state index in [9.17, 15) is 9.18 Å². The van der Waals surface area contributed by atoms with Crippen LogP contribution in [-0.4, -0.2) is 29.4 Å². The fourth-order valence-corrected chi connectivity index (χ4v) is 2.11. The van der Waals surface area contributed by atoms with Crippen LogP contribution in [0.2, 0.25) is 0 Å². The van der Waals surface area contributed by atoms with Gasteiger partial charge in [-0.25, -0.2) is 9.37 Å². The summed E-state index contributed by atoms with van der Waals surface area (Å²) in [4.78, 5) is 17.8. The van der Waals surface area contributed by atoms with Crippen LogP contribution in [0.4, 0.5) is 10.2 Å². The van der Waals surface area contributed by atoms with E-state index < -0.39 is 0 Å². The Kier molecular flexibility index (Phi) is 5.41. The van der Waals surface area contributed by atoms with Crippen molar-refractivity contribution in [1.29, 1.82) is 0 Å². The van der Waals surface area contributed by atoms with Crippen LogP contribution in [0.15, 0.2) is 47.1 Å². The monoisotopic (exact) mass is 351 g/mol. The molecule has 21 heavy (non-hydrogen) atoms. The van der Waals surface area contributed by atoms with E-state index >= 15 is 0 Å². The molecule has 0 saturated heterocycles. The van der Waals surface area contributed by atoms with Crippen LogP contribution < -0.4 is 5.32 Å². The van der Waals surface area contributed by atoms with Crippen LogP contribution in [0.3, 0.4) is 0 Å². The summed E-state index contributed by atoms with van der Waals surface area (Å²) in [6.07, 6.45) is 1.62. The van der Waals surface area contributed by atoms with E-state index in [1.54, 1.807) is 31.4 Å². The number of hydrogen-bond donors (Lipinski definition) is 1. The van der Waals surface area contributed by atoms with Gasteiger partial charge in [0.2, 0.25) is 5.91 Å². The summed E-state index contributed by atoms with van der Waals surface area (Å²) in [5.74, 6) is 0.0653. The van der Waals surface area contributed by atoms with Gasteiger partial charge in [0.1, 0.15) is 11.6 Å². The quantitative estimate of drug-likeness (QED) is 0.900. The van der Waals surface area contributed by atoms with Crippen LogP contribution in [0.25, 0.3) is 0 Å². The lowest BCUT2D eigenvalue weighted by Gasteiger charge is -2.16. The number of nitrogens with one attached hydrogen (secondary N) is 1. The van der Waals surface area contributed by atoms with Crippen molar-refractivity contribution in [3.05, 3.63) is 58.4 Å². The van der Waals surface area contributed by atoms with Crippen molar-refractivity contribution in [2.75, 3.05) is 18.9 Å². The lowest BCUT2D eigenvalue weighted by atomic mass is 10.2. The average Bonchev–Trinajstić information content (AvgIpc) is 2.41. The fraction of sp³-hybridized carbons (Fsp3) is 0.200. The van der Waals surface area contributed by atoms with Gasteiger partial charge in [-0.2, -0.15) is 0 Å². The van der Waals surface area contributed by atoms with Crippen molar-refractivity contribution in [2.45, 2.75) is 6.54 Å². The van der Waals surface area contributed by atoms with E-state index in [0.29, 0.717) is 12.4 Å². The zero-order chi connectivity index (χ0) is 15.2. The van der Waals surface area contributed by atoms with Gasteiger partial charge in [-0.3, -0.25) is 9.69 Å². The van der Waals surface area contributed by atoms with Crippen LogP contribution in [0.1, 0.15) is 5.56 Å². The number of nitrogens with zero attached hydrogens (tertiary/aromatic N) is 2. The summed E-state index contributed by atoms with van der Waals surface area (Å²) in [5, 5.41) is 2.71. The van der Waals surface area contributed by atoms with Gasteiger partial charge >= 0.3 is 0 Å². The van der Waals surface area contributed by atoms with Crippen LogP contribution in [0, 0.1) is 5.82 Å². The van der Waals surface area contributed by atoms with Gasteiger partial charge in [-0.1, -0.05) is 12.1 Å². The second-order valence-electron chi connectivity index (χ2n) is 4.71. The SMILES string of the molecule is CN(CC(=O)Nc1ccc(Br)cn1)Cc1cccc(F)c1. The molecule has 1 aromatic heterocycles. The second-order valence-corrected chi connectivity index (χ2v) is 5.63. The lowest BCUT2D eigenvalue weighted by Crippen LogP contribution is -2.30. The second kappa shape index (κ2) is 7.28. The first-order valence-corrected chi connectivity index (χ1v) is 7.16. The number of hydrogen-bond acceptors (Lipinski definition) is 3. The highest BCUT2D eigenvalue weighted by atomic mass is 79.9. The zero-order valence-electron chi connectivity index (χ0n) is 11.5. The Morgan fingerprint density at radius 2 is 2.19 bits per heavy atom. The molecule has 0 bridgehead atoms. The summed E-state index contributed by atoms with van der Waals surface area (Å²) < 4.78 is 13.9. The fourth-order valence-electron chi connectivity index (χ4n) is 1.88. The predicted molar refractivity (Wildman–Crippen MR) is 83.3 cm³/mol. The van der Waals surface area contributed by atoms with Gasteiger partial charge in [-0.15, -0.1) is 0 Å². The maximum atomic E-state index is 13.1. The minimum absolute atomic E-state index is 0.163. The summed E-state index contributed by atoms with van der Waals surface area (Å²) in [7, 11) is 1.81. The molecule has 110 valence electrons. The number of pyridine rings is 1. The molecule has 1 heterocycles. The average molecular weight is 352 g/mol. The van der Waals surface area contributed by atoms with Gasteiger partial charge in [0, 0.05) is 17.2 Å². The predicted octanol–water partition coefficient (Wildman–Crippen LogP) is 3.05. The summed E-state index contributed by atoms with van der Waals surface area (Å²) >= 11 is 3.28. The van der Waals surface area contributed by atoms with Gasteiger partial charge < -0.3 is 5.32 Å². The smallest absolute Gasteiger partial charge is 0.239 e. The minimum atomic E-state index is -0.274. The van der Waals surface area contributed by atoms with E-state index in [1.165, 1.54) is 12.1 Å². The van der Waals surface area contributed by atoms with Crippen LogP contribution in [0.5, 0.6) is 0 Å². The van der Waals surface area contributed by atoms with E-state index in [2.05, 4.69) is 26.2 Å². The number of carbonyl (C=O) groups excluding carboxylic acids is 1. The van der Waals surface area contributed by atoms with Crippen molar-refractivity contribution in [1.82, 2.24) is 9.88 Å². The summed E-state index contributed by atoms with van der Waals surface area (Å²) in [5.41, 5.74) is 0.826. The number of rotatable bonds is 5. The Bertz CT molecular complexity index is 619. The Morgan fingerprint density at radius 3 is 2.86 bits per heavy atom. The molecule has 0 radical (unpaired) electrons. The van der Waals surface area contributed by atoms with Crippen molar-refractivity contribution in [3.8, 4) is 0 Å². The number of carbonyl (C=O) groups is 1. The van der Waals surface area contributed by atoms with Crippen molar-refractivity contribution < 1.29 is 9.18 Å². The third-order valence-corrected chi connectivity index (χ3v) is 3.22. The normalized spacial score (nSPS) is 10.7. The van der Waals surface area contributed by atoms with Crippen LogP contribution >= 0.6 is 15.9 Å². The molecule has 0 aliphatic carbocycles. The Hall–Kier alpha value is -1.79. The zero-order valence-corrected chi connectivity index (χ0v) is 13.1. The highest BCUT2D eigenvalue weighted by molar-refractivity contribution is 9.10. The number of likely N-dealkylation sites (N-methyl/N-ethyl adjacent to an activating group) is 1. The van der Waals surface area contributed by atoms with Gasteiger partial charge in [-0.05, 0) is 52.8 Å². The Morgan fingerprint density at radius 1 is 1.38 bits per heavy atom. The first kappa shape index (κ1) is 15.6. The maximum Gasteiger partial charge on any atom is 0.239 e. The van der Waals surface area contributed by atoms with Crippen molar-refractivity contribution >= 4 is 27.7 Å². The topological polar surface area (TPSA) is 45.2 Å². The number of halogens is 2. The molecule has 0 atom stereocenters. The Labute approximate surface area is 131 Å². The number of amides is 1. The third-order valence-electron chi connectivity index (χ3n) is 2.75. The standard InChI is InChI=1S/C15H15BrFN3O/c1-20(9-11-3-2-4-13(17)7-11)10-15(21)19-14-6-5-12(16)8-18-14/h2-8H,9-10H2,1H3,(H,18,19,21). The largest absolute Gasteiger partial charge is 0.310 e. The molecular weight excluding hydrogens is 337 g/mol. The third kappa shape index (κ3) is 5.24. The molecule has 0 spiro atoms. The molecule has 2 aromatic rings. The molecule has 0 unspecified atom stereocenters. The lowest BCUT2D eigenvalue weighted by molar-refractivity contribution is -0.117. The summed E-state index contributed by atoms with van der Waals surface area (Å²) in [6, 6.07) is 9.87. The Balaban J connectivity index is 1.86. The van der Waals surface area contributed by atoms with Crippen LogP contribution in [-0.2, 0) is 11.3 Å². The highest BCUT2D eigenvalue weighted by Crippen LogP contribution is 2.10. The first-order valence-electron chi connectivity index (χ1n) is 6.37. The molecule has 0 aliphatic rings. The van der Waals surface area contributed by atoms with E-state index in [1.807, 2.05) is 11.0 Å². The molecule has 1 amide bonds. The number of anilines is 1. The molecule has 6 heteroatoms. The van der Waals surface area contributed by atoms with Crippen molar-refractivity contribution in [2.24, 2.45) is 0 Å². The summed E-state index contributed by atoms with van der Waals surface area (Å²) in [6.45, 7) is 0.702. The molecule has 4 nitrogen and oxygen atoms in total.